The van der Waals surface area contributed by atoms with Gasteiger partial charge in [0, 0.05) is 47.9 Å². The van der Waals surface area contributed by atoms with E-state index in [-0.39, 0.29) is 5.82 Å². The van der Waals surface area contributed by atoms with Crippen LogP contribution in [-0.4, -0.2) is 36.2 Å². The molecule has 1 saturated carbocycles. The van der Waals surface area contributed by atoms with E-state index in [1.54, 1.807) is 11.3 Å². The zero-order chi connectivity index (χ0) is 21.3. The number of rotatable bonds is 7. The smallest absolute Gasteiger partial charge is 0.125 e. The van der Waals surface area contributed by atoms with Crippen LogP contribution in [-0.2, 0) is 6.54 Å². The van der Waals surface area contributed by atoms with Crippen molar-refractivity contribution in [1.82, 2.24) is 10.2 Å². The van der Waals surface area contributed by atoms with E-state index in [1.165, 1.54) is 22.6 Å². The van der Waals surface area contributed by atoms with Crippen LogP contribution in [0.15, 0.2) is 66.7 Å². The zero-order valence-corrected chi connectivity index (χ0v) is 18.4. The van der Waals surface area contributed by atoms with Crippen molar-refractivity contribution in [3.05, 3.63) is 83.0 Å². The Morgan fingerprint density at radius 3 is 2.45 bits per heavy atom. The molecule has 2 heterocycles. The minimum atomic E-state index is -1.10. The zero-order valence-electron chi connectivity index (χ0n) is 17.6. The van der Waals surface area contributed by atoms with E-state index in [0.717, 1.165) is 36.5 Å². The third kappa shape index (κ3) is 5.05. The van der Waals surface area contributed by atoms with Gasteiger partial charge in [0.15, 0.2) is 0 Å². The first kappa shape index (κ1) is 20.8. The van der Waals surface area contributed by atoms with Crippen LogP contribution in [0.3, 0.4) is 0 Å². The lowest BCUT2D eigenvalue weighted by Crippen LogP contribution is -2.47. The van der Waals surface area contributed by atoms with Gasteiger partial charge in [-0.05, 0) is 54.7 Å². The number of nitrogens with one attached hydrogen (secondary N) is 1. The Labute approximate surface area is 186 Å². The normalized spacial score (nSPS) is 23.0. The summed E-state index contributed by atoms with van der Waals surface area (Å²) in [5, 5.41) is 3.50. The largest absolute Gasteiger partial charge is 0.310 e. The van der Waals surface area contributed by atoms with Crippen LogP contribution in [0.25, 0.3) is 10.4 Å². The summed E-state index contributed by atoms with van der Waals surface area (Å²) in [6.45, 7) is 2.98. The highest BCUT2D eigenvalue weighted by Gasteiger charge is 2.42. The molecule has 2 fully saturated rings. The van der Waals surface area contributed by atoms with E-state index in [1.807, 2.05) is 18.2 Å². The summed E-state index contributed by atoms with van der Waals surface area (Å²) >= 11 is 1.77. The number of likely N-dealkylation sites (tertiary alicyclic amines) is 1. The highest BCUT2D eigenvalue weighted by atomic mass is 32.1. The predicted octanol–water partition coefficient (Wildman–Crippen LogP) is 6.00. The number of thiophene rings is 1. The van der Waals surface area contributed by atoms with Crippen molar-refractivity contribution in [3.8, 4) is 10.4 Å². The van der Waals surface area contributed by atoms with Gasteiger partial charge >= 0.3 is 0 Å². The summed E-state index contributed by atoms with van der Waals surface area (Å²) in [5.74, 6) is 0.263. The van der Waals surface area contributed by atoms with Crippen LogP contribution in [0, 0.1) is 5.82 Å². The topological polar surface area (TPSA) is 15.3 Å². The van der Waals surface area contributed by atoms with Gasteiger partial charge in [-0.25, -0.2) is 8.78 Å². The van der Waals surface area contributed by atoms with Gasteiger partial charge in [-0.1, -0.05) is 42.5 Å². The number of piperidine rings is 1. The van der Waals surface area contributed by atoms with Crippen LogP contribution < -0.4 is 5.32 Å². The molecule has 2 aromatic carbocycles. The average molecular weight is 439 g/mol. The molecule has 3 aromatic rings. The first-order chi connectivity index (χ1) is 15.1. The van der Waals surface area contributed by atoms with E-state index in [0.29, 0.717) is 31.3 Å². The van der Waals surface area contributed by atoms with Crippen molar-refractivity contribution in [2.75, 3.05) is 19.6 Å². The number of hydrogen-bond donors (Lipinski definition) is 1. The average Bonchev–Trinajstić information content (AvgIpc) is 3.41. The number of halogens is 2. The molecule has 5 rings (SSSR count). The number of benzene rings is 2. The first-order valence-corrected chi connectivity index (χ1v) is 11.9. The van der Waals surface area contributed by atoms with Crippen LogP contribution in [0.2, 0.25) is 0 Å². The minimum Gasteiger partial charge on any atom is -0.310 e. The van der Waals surface area contributed by atoms with Gasteiger partial charge in [-0.15, -0.1) is 11.3 Å². The van der Waals surface area contributed by atoms with E-state index in [9.17, 15) is 4.39 Å². The van der Waals surface area contributed by atoms with Crippen molar-refractivity contribution >= 4 is 11.3 Å². The SMILES string of the molecule is Fc1ccc(-c2ccc(C3CC3NCC3(F)CCN(Cc4ccccc4)CC3)s2)cc1. The molecule has 0 amide bonds. The molecule has 2 atom stereocenters. The third-order valence-corrected chi connectivity index (χ3v) is 7.86. The van der Waals surface area contributed by atoms with Crippen molar-refractivity contribution in [2.45, 2.75) is 43.4 Å². The maximum atomic E-state index is 15.3. The molecule has 162 valence electrons. The molecule has 5 heteroatoms. The summed E-state index contributed by atoms with van der Waals surface area (Å²) in [5.41, 5.74) is 1.24. The van der Waals surface area contributed by atoms with Crippen LogP contribution >= 0.6 is 11.3 Å². The van der Waals surface area contributed by atoms with Crippen molar-refractivity contribution in [3.63, 3.8) is 0 Å². The van der Waals surface area contributed by atoms with Gasteiger partial charge in [0.05, 0.1) is 0 Å². The summed E-state index contributed by atoms with van der Waals surface area (Å²) in [6, 6.07) is 21.7. The number of hydrogen-bond acceptors (Lipinski definition) is 3. The summed E-state index contributed by atoms with van der Waals surface area (Å²) < 4.78 is 28.5. The van der Waals surface area contributed by atoms with Gasteiger partial charge in [-0.3, -0.25) is 4.90 Å². The Bertz CT molecular complexity index is 994. The van der Waals surface area contributed by atoms with Crippen molar-refractivity contribution in [2.24, 2.45) is 0 Å². The Balaban J connectivity index is 1.09. The standard InChI is InChI=1S/C26H28F2N2S/c27-21-8-6-20(7-9-21)24-10-11-25(31-24)22-16-23(22)29-18-26(28)12-14-30(15-13-26)17-19-4-2-1-3-5-19/h1-11,22-23,29H,12-18H2. The Kier molecular flexibility index (Phi) is 5.91. The molecule has 0 spiro atoms. The first-order valence-electron chi connectivity index (χ1n) is 11.1. The van der Waals surface area contributed by atoms with E-state index in [4.69, 9.17) is 0 Å². The second-order valence-corrected chi connectivity index (χ2v) is 10.1. The molecule has 1 aliphatic heterocycles. The molecule has 2 unspecified atom stereocenters. The second-order valence-electron chi connectivity index (χ2n) is 8.95. The van der Waals surface area contributed by atoms with Gasteiger partial charge in [0.25, 0.3) is 0 Å². The van der Waals surface area contributed by atoms with Crippen LogP contribution in [0.1, 0.15) is 35.6 Å². The Hall–Kier alpha value is -2.08. The lowest BCUT2D eigenvalue weighted by molar-refractivity contribution is 0.0544. The fourth-order valence-electron chi connectivity index (χ4n) is 4.50. The van der Waals surface area contributed by atoms with Gasteiger partial charge in [0.2, 0.25) is 0 Å². The number of alkyl halides is 1. The maximum absolute atomic E-state index is 15.3. The molecular formula is C26H28F2N2S. The second kappa shape index (κ2) is 8.81. The molecule has 1 N–H and O–H groups in total. The number of nitrogens with zero attached hydrogens (tertiary/aromatic N) is 1. The molecule has 1 aliphatic carbocycles. The van der Waals surface area contributed by atoms with E-state index in [2.05, 4.69) is 46.6 Å². The quantitative estimate of drug-likeness (QED) is 0.486. The molecule has 0 radical (unpaired) electrons. The monoisotopic (exact) mass is 438 g/mol. The van der Waals surface area contributed by atoms with Crippen molar-refractivity contribution < 1.29 is 8.78 Å². The minimum absolute atomic E-state index is 0.210. The summed E-state index contributed by atoms with van der Waals surface area (Å²) in [7, 11) is 0. The summed E-state index contributed by atoms with van der Waals surface area (Å²) in [6.07, 6.45) is 2.26. The van der Waals surface area contributed by atoms with E-state index >= 15 is 4.39 Å². The highest BCUT2D eigenvalue weighted by molar-refractivity contribution is 7.15. The fraction of sp³-hybridized carbons (Fsp3) is 0.385. The lowest BCUT2D eigenvalue weighted by atomic mass is 9.93. The maximum Gasteiger partial charge on any atom is 0.125 e. The van der Waals surface area contributed by atoms with Crippen LogP contribution in [0.5, 0.6) is 0 Å². The Morgan fingerprint density at radius 2 is 1.71 bits per heavy atom. The molecule has 2 nitrogen and oxygen atoms in total. The van der Waals surface area contributed by atoms with Gasteiger partial charge in [0.1, 0.15) is 11.5 Å². The molecule has 1 saturated heterocycles. The lowest BCUT2D eigenvalue weighted by Gasteiger charge is -2.36. The third-order valence-electron chi connectivity index (χ3n) is 6.59. The molecule has 0 bridgehead atoms. The highest BCUT2D eigenvalue weighted by Crippen LogP contribution is 2.46. The molecule has 31 heavy (non-hydrogen) atoms. The van der Waals surface area contributed by atoms with Gasteiger partial charge in [-0.2, -0.15) is 0 Å². The van der Waals surface area contributed by atoms with Crippen LogP contribution in [0.4, 0.5) is 8.78 Å². The molecular weight excluding hydrogens is 410 g/mol. The molecule has 2 aliphatic rings. The predicted molar refractivity (Wildman–Crippen MR) is 124 cm³/mol. The molecule has 1 aromatic heterocycles. The van der Waals surface area contributed by atoms with E-state index < -0.39 is 5.67 Å². The Morgan fingerprint density at radius 1 is 0.968 bits per heavy atom. The fourth-order valence-corrected chi connectivity index (χ4v) is 5.69. The van der Waals surface area contributed by atoms with Gasteiger partial charge < -0.3 is 5.32 Å². The van der Waals surface area contributed by atoms with Crippen molar-refractivity contribution in [1.29, 1.82) is 0 Å². The summed E-state index contributed by atoms with van der Waals surface area (Å²) in [4.78, 5) is 4.85.